The Bertz CT molecular complexity index is 956. The van der Waals surface area contributed by atoms with E-state index in [1.54, 1.807) is 11.8 Å². The number of Topliss-reactive ketones (excluding diaryl/α,β-unsaturated/α-hetero) is 1. The number of piperidine rings is 1. The summed E-state index contributed by atoms with van der Waals surface area (Å²) in [4.78, 5) is 21.0. The van der Waals surface area contributed by atoms with Gasteiger partial charge in [0.15, 0.2) is 5.78 Å². The lowest BCUT2D eigenvalue weighted by atomic mass is 9.89. The largest absolute Gasteiger partial charge is 0.298 e. The van der Waals surface area contributed by atoms with Crippen LogP contribution in [0.4, 0.5) is 0 Å². The number of ketones is 1. The fourth-order valence-corrected chi connectivity index (χ4v) is 4.57. The van der Waals surface area contributed by atoms with Crippen molar-refractivity contribution in [1.29, 1.82) is 0 Å². The van der Waals surface area contributed by atoms with E-state index in [-0.39, 0.29) is 5.92 Å². The fourth-order valence-electron chi connectivity index (χ4n) is 3.96. The summed E-state index contributed by atoms with van der Waals surface area (Å²) in [6.45, 7) is 2.78. The second-order valence-electron chi connectivity index (χ2n) is 7.17. The second kappa shape index (κ2) is 8.24. The van der Waals surface area contributed by atoms with Crippen molar-refractivity contribution < 1.29 is 4.79 Å². The van der Waals surface area contributed by atoms with Crippen LogP contribution in [0.15, 0.2) is 65.7 Å². The van der Waals surface area contributed by atoms with Gasteiger partial charge in [0.1, 0.15) is 0 Å². The van der Waals surface area contributed by atoms with E-state index >= 15 is 0 Å². The smallest absolute Gasteiger partial charge is 0.168 e. The predicted octanol–water partition coefficient (Wildman–Crippen LogP) is 5.05. The van der Waals surface area contributed by atoms with Crippen molar-refractivity contribution in [3.8, 4) is 0 Å². The molecule has 1 aromatic heterocycles. The van der Waals surface area contributed by atoms with Crippen LogP contribution >= 0.6 is 11.8 Å². The molecule has 1 fully saturated rings. The van der Waals surface area contributed by atoms with Crippen LogP contribution < -0.4 is 0 Å². The van der Waals surface area contributed by atoms with E-state index in [9.17, 15) is 4.79 Å². The number of pyridine rings is 1. The molecular weight excluding hydrogens is 352 g/mol. The van der Waals surface area contributed by atoms with Gasteiger partial charge in [-0.1, -0.05) is 30.3 Å². The van der Waals surface area contributed by atoms with Crippen molar-refractivity contribution in [1.82, 2.24) is 9.88 Å². The van der Waals surface area contributed by atoms with E-state index in [0.717, 1.165) is 48.5 Å². The minimum atomic E-state index is 0.0918. The zero-order valence-corrected chi connectivity index (χ0v) is 16.4. The van der Waals surface area contributed by atoms with Gasteiger partial charge in [0.05, 0.1) is 5.52 Å². The predicted molar refractivity (Wildman–Crippen MR) is 112 cm³/mol. The lowest BCUT2D eigenvalue weighted by Crippen LogP contribution is -2.38. The van der Waals surface area contributed by atoms with E-state index in [4.69, 9.17) is 0 Å². The normalized spacial score (nSPS) is 17.9. The highest BCUT2D eigenvalue weighted by Crippen LogP contribution is 2.27. The van der Waals surface area contributed by atoms with Crippen LogP contribution in [-0.4, -0.2) is 35.0 Å². The van der Waals surface area contributed by atoms with Crippen molar-refractivity contribution in [2.24, 2.45) is 5.92 Å². The first-order valence-electron chi connectivity index (χ1n) is 9.48. The fraction of sp³-hybridized carbons (Fsp3) is 0.304. The van der Waals surface area contributed by atoms with Crippen LogP contribution in [0.25, 0.3) is 10.9 Å². The minimum Gasteiger partial charge on any atom is -0.298 e. The summed E-state index contributed by atoms with van der Waals surface area (Å²) >= 11 is 1.65. The minimum absolute atomic E-state index is 0.0918. The molecule has 4 heteroatoms. The van der Waals surface area contributed by atoms with Gasteiger partial charge in [-0.2, -0.15) is 0 Å². The van der Waals surface area contributed by atoms with E-state index in [1.807, 2.05) is 42.8 Å². The topological polar surface area (TPSA) is 33.2 Å². The molecule has 0 N–H and O–H groups in total. The van der Waals surface area contributed by atoms with Gasteiger partial charge in [0.2, 0.25) is 0 Å². The molecular formula is C23H24N2OS. The number of carbonyl (C=O) groups excluding carboxylic acids is 1. The molecule has 0 bridgehead atoms. The molecule has 4 rings (SSSR count). The quantitative estimate of drug-likeness (QED) is 0.461. The van der Waals surface area contributed by atoms with Crippen molar-refractivity contribution in [2.75, 3.05) is 19.3 Å². The third-order valence-corrected chi connectivity index (χ3v) is 6.12. The maximum absolute atomic E-state index is 13.1. The Kier molecular flexibility index (Phi) is 5.55. The SMILES string of the molecule is CSc1ccccc1C(=O)[C@@H]1CCCN(Cc2ccc3ncccc3c2)C1. The molecule has 2 heterocycles. The first kappa shape index (κ1) is 18.2. The number of aromatic nitrogens is 1. The summed E-state index contributed by atoms with van der Waals surface area (Å²) < 4.78 is 0. The van der Waals surface area contributed by atoms with Crippen LogP contribution in [0.5, 0.6) is 0 Å². The average molecular weight is 377 g/mol. The Hall–Kier alpha value is -2.17. The molecule has 1 aliphatic heterocycles. The van der Waals surface area contributed by atoms with E-state index < -0.39 is 0 Å². The molecule has 0 radical (unpaired) electrons. The maximum atomic E-state index is 13.1. The summed E-state index contributed by atoms with van der Waals surface area (Å²) in [5.74, 6) is 0.390. The summed E-state index contributed by atoms with van der Waals surface area (Å²) in [6, 6.07) is 18.5. The molecule has 0 unspecified atom stereocenters. The van der Waals surface area contributed by atoms with Crippen LogP contribution in [0.2, 0.25) is 0 Å². The number of rotatable bonds is 5. The molecule has 0 aliphatic carbocycles. The molecule has 138 valence electrons. The molecule has 3 nitrogen and oxygen atoms in total. The second-order valence-corrected chi connectivity index (χ2v) is 8.02. The van der Waals surface area contributed by atoms with Crippen molar-refractivity contribution in [2.45, 2.75) is 24.3 Å². The standard InChI is InChI=1S/C23H24N2OS/c1-27-22-9-3-2-8-20(22)23(26)19-7-5-13-25(16-19)15-17-10-11-21-18(14-17)6-4-12-24-21/h2-4,6,8-12,14,19H,5,7,13,15-16H2,1H3/t19-/m1/s1. The third kappa shape index (κ3) is 4.07. The number of nitrogens with zero attached hydrogens (tertiary/aromatic N) is 2. The van der Waals surface area contributed by atoms with Crippen LogP contribution in [-0.2, 0) is 6.54 Å². The number of likely N-dealkylation sites (tertiary alicyclic amines) is 1. The molecule has 3 aromatic rings. The first-order chi connectivity index (χ1) is 13.2. The molecule has 1 saturated heterocycles. The van der Waals surface area contributed by atoms with Gasteiger partial charge in [0.25, 0.3) is 0 Å². The highest BCUT2D eigenvalue weighted by Gasteiger charge is 2.27. The van der Waals surface area contributed by atoms with Gasteiger partial charge in [-0.25, -0.2) is 0 Å². The van der Waals surface area contributed by atoms with Gasteiger partial charge in [0, 0.05) is 41.0 Å². The number of thioether (sulfide) groups is 1. The van der Waals surface area contributed by atoms with E-state index in [2.05, 4.69) is 34.1 Å². The van der Waals surface area contributed by atoms with E-state index in [1.165, 1.54) is 10.9 Å². The van der Waals surface area contributed by atoms with E-state index in [0.29, 0.717) is 5.78 Å². The van der Waals surface area contributed by atoms with Gasteiger partial charge in [-0.3, -0.25) is 14.7 Å². The number of fused-ring (bicyclic) bond motifs is 1. The van der Waals surface area contributed by atoms with Gasteiger partial charge >= 0.3 is 0 Å². The lowest BCUT2D eigenvalue weighted by molar-refractivity contribution is 0.0808. The molecule has 1 aliphatic rings. The van der Waals surface area contributed by atoms with Gasteiger partial charge in [-0.05, 0) is 55.5 Å². The molecule has 0 amide bonds. The maximum Gasteiger partial charge on any atom is 0.168 e. The number of hydrogen-bond donors (Lipinski definition) is 0. The summed E-state index contributed by atoms with van der Waals surface area (Å²) in [5.41, 5.74) is 3.20. The summed E-state index contributed by atoms with van der Waals surface area (Å²) in [7, 11) is 0. The van der Waals surface area contributed by atoms with Crippen molar-refractivity contribution in [3.05, 3.63) is 71.9 Å². The Labute approximate surface area is 164 Å². The van der Waals surface area contributed by atoms with Crippen molar-refractivity contribution in [3.63, 3.8) is 0 Å². The van der Waals surface area contributed by atoms with Crippen LogP contribution in [0.1, 0.15) is 28.8 Å². The molecule has 0 saturated carbocycles. The monoisotopic (exact) mass is 376 g/mol. The Balaban J connectivity index is 1.48. The molecule has 2 aromatic carbocycles. The van der Waals surface area contributed by atoms with Gasteiger partial charge in [-0.15, -0.1) is 11.8 Å². The zero-order chi connectivity index (χ0) is 18.6. The summed E-state index contributed by atoms with van der Waals surface area (Å²) in [5, 5.41) is 1.17. The lowest BCUT2D eigenvalue weighted by Gasteiger charge is -2.32. The highest BCUT2D eigenvalue weighted by atomic mass is 32.2. The zero-order valence-electron chi connectivity index (χ0n) is 15.6. The first-order valence-corrected chi connectivity index (χ1v) is 10.7. The Morgan fingerprint density at radius 2 is 2.07 bits per heavy atom. The van der Waals surface area contributed by atoms with Crippen LogP contribution in [0.3, 0.4) is 0 Å². The summed E-state index contributed by atoms with van der Waals surface area (Å²) in [6.07, 6.45) is 5.93. The number of benzene rings is 2. The molecule has 1 atom stereocenters. The number of carbonyl (C=O) groups is 1. The van der Waals surface area contributed by atoms with Crippen molar-refractivity contribution >= 4 is 28.4 Å². The highest BCUT2D eigenvalue weighted by molar-refractivity contribution is 7.98. The molecule has 0 spiro atoms. The average Bonchev–Trinajstić information content (AvgIpc) is 2.73. The van der Waals surface area contributed by atoms with Gasteiger partial charge < -0.3 is 0 Å². The van der Waals surface area contributed by atoms with Crippen LogP contribution in [0, 0.1) is 5.92 Å². The third-order valence-electron chi connectivity index (χ3n) is 5.32. The molecule has 27 heavy (non-hydrogen) atoms. The Morgan fingerprint density at radius 3 is 2.96 bits per heavy atom. The number of hydrogen-bond acceptors (Lipinski definition) is 4. The Morgan fingerprint density at radius 1 is 1.19 bits per heavy atom.